The van der Waals surface area contributed by atoms with E-state index in [1.807, 2.05) is 19.9 Å². The molecule has 16 heavy (non-hydrogen) atoms. The summed E-state index contributed by atoms with van der Waals surface area (Å²) in [5.74, 6) is 1.54. The van der Waals surface area contributed by atoms with Gasteiger partial charge < -0.3 is 14.2 Å². The number of methoxy groups -OCH3 is 2. The summed E-state index contributed by atoms with van der Waals surface area (Å²) >= 11 is 0. The smallest absolute Gasteiger partial charge is 0.203 e. The molecule has 0 aliphatic carbocycles. The normalized spacial score (nSPS) is 9.75. The van der Waals surface area contributed by atoms with E-state index >= 15 is 0 Å². The van der Waals surface area contributed by atoms with Crippen LogP contribution in [0.5, 0.6) is 17.2 Å². The summed E-state index contributed by atoms with van der Waals surface area (Å²) in [4.78, 5) is 0. The lowest BCUT2D eigenvalue weighted by Gasteiger charge is -2.16. The first kappa shape index (κ1) is 12.2. The maximum Gasteiger partial charge on any atom is 0.203 e. The standard InChI is InChI=1S/C12H15NO3/c1-8(2)16-12-10(14-3)5-9(7-13)6-11(12)15-4/h5-6,8H,1-4H3. The molecule has 86 valence electrons. The molecule has 1 aromatic rings. The maximum atomic E-state index is 8.85. The molecule has 0 N–H and O–H groups in total. The van der Waals surface area contributed by atoms with E-state index in [-0.39, 0.29) is 6.10 Å². The van der Waals surface area contributed by atoms with E-state index in [0.29, 0.717) is 22.8 Å². The summed E-state index contributed by atoms with van der Waals surface area (Å²) < 4.78 is 15.9. The van der Waals surface area contributed by atoms with Crippen molar-refractivity contribution >= 4 is 0 Å². The van der Waals surface area contributed by atoms with Crippen LogP contribution < -0.4 is 14.2 Å². The molecule has 0 unspecified atom stereocenters. The van der Waals surface area contributed by atoms with E-state index in [4.69, 9.17) is 19.5 Å². The molecule has 0 saturated heterocycles. The predicted molar refractivity (Wildman–Crippen MR) is 60.0 cm³/mol. The van der Waals surface area contributed by atoms with E-state index in [1.165, 1.54) is 14.2 Å². The monoisotopic (exact) mass is 221 g/mol. The van der Waals surface area contributed by atoms with Gasteiger partial charge in [-0.1, -0.05) is 0 Å². The molecule has 0 bridgehead atoms. The Morgan fingerprint density at radius 1 is 1.12 bits per heavy atom. The first-order valence-electron chi connectivity index (χ1n) is 4.95. The molecule has 0 spiro atoms. The van der Waals surface area contributed by atoms with Crippen molar-refractivity contribution in [2.45, 2.75) is 20.0 Å². The molecule has 0 saturated carbocycles. The van der Waals surface area contributed by atoms with Gasteiger partial charge in [-0.3, -0.25) is 0 Å². The molecule has 4 heteroatoms. The molecule has 0 aromatic heterocycles. The Bertz CT molecular complexity index is 382. The van der Waals surface area contributed by atoms with Crippen LogP contribution in [0.4, 0.5) is 0 Å². The van der Waals surface area contributed by atoms with Crippen LogP contribution in [0, 0.1) is 11.3 Å². The molecule has 0 atom stereocenters. The predicted octanol–water partition coefficient (Wildman–Crippen LogP) is 2.36. The fraction of sp³-hybridized carbons (Fsp3) is 0.417. The van der Waals surface area contributed by atoms with Gasteiger partial charge in [-0.05, 0) is 13.8 Å². The van der Waals surface area contributed by atoms with Gasteiger partial charge in [0.2, 0.25) is 5.75 Å². The Kier molecular flexibility index (Phi) is 4.01. The van der Waals surface area contributed by atoms with Crippen molar-refractivity contribution in [1.82, 2.24) is 0 Å². The second kappa shape index (κ2) is 5.26. The largest absolute Gasteiger partial charge is 0.493 e. The van der Waals surface area contributed by atoms with Crippen LogP contribution in [0.2, 0.25) is 0 Å². The van der Waals surface area contributed by atoms with Crippen LogP contribution >= 0.6 is 0 Å². The lowest BCUT2D eigenvalue weighted by molar-refractivity contribution is 0.218. The molecule has 1 aromatic carbocycles. The first-order valence-corrected chi connectivity index (χ1v) is 4.95. The van der Waals surface area contributed by atoms with E-state index in [9.17, 15) is 0 Å². The summed E-state index contributed by atoms with van der Waals surface area (Å²) in [5, 5.41) is 8.85. The van der Waals surface area contributed by atoms with Crippen LogP contribution in [0.1, 0.15) is 19.4 Å². The molecule has 0 heterocycles. The Hall–Kier alpha value is -1.89. The fourth-order valence-electron chi connectivity index (χ4n) is 1.30. The highest BCUT2D eigenvalue weighted by atomic mass is 16.5. The van der Waals surface area contributed by atoms with Crippen LogP contribution in [-0.2, 0) is 0 Å². The second-order valence-electron chi connectivity index (χ2n) is 3.49. The lowest BCUT2D eigenvalue weighted by Crippen LogP contribution is -2.08. The zero-order valence-electron chi connectivity index (χ0n) is 9.90. The summed E-state index contributed by atoms with van der Waals surface area (Å²) in [5.41, 5.74) is 0.477. The van der Waals surface area contributed by atoms with Crippen LogP contribution in [0.25, 0.3) is 0 Å². The average molecular weight is 221 g/mol. The summed E-state index contributed by atoms with van der Waals surface area (Å²) in [6.07, 6.45) is 0.00994. The van der Waals surface area contributed by atoms with Gasteiger partial charge in [0.15, 0.2) is 11.5 Å². The highest BCUT2D eigenvalue weighted by Crippen LogP contribution is 2.38. The molecular weight excluding hydrogens is 206 g/mol. The summed E-state index contributed by atoms with van der Waals surface area (Å²) in [7, 11) is 3.06. The number of nitriles is 1. The molecule has 0 amide bonds. The van der Waals surface area contributed by atoms with Gasteiger partial charge in [0.1, 0.15) is 0 Å². The minimum Gasteiger partial charge on any atom is -0.493 e. The van der Waals surface area contributed by atoms with Crippen molar-refractivity contribution in [2.24, 2.45) is 0 Å². The van der Waals surface area contributed by atoms with Gasteiger partial charge in [-0.25, -0.2) is 0 Å². The topological polar surface area (TPSA) is 51.5 Å². The number of benzene rings is 1. The number of ether oxygens (including phenoxy) is 3. The quantitative estimate of drug-likeness (QED) is 0.783. The van der Waals surface area contributed by atoms with Crippen molar-refractivity contribution in [2.75, 3.05) is 14.2 Å². The van der Waals surface area contributed by atoms with E-state index in [2.05, 4.69) is 0 Å². The third-order valence-electron chi connectivity index (χ3n) is 1.94. The number of hydrogen-bond donors (Lipinski definition) is 0. The van der Waals surface area contributed by atoms with Crippen molar-refractivity contribution in [1.29, 1.82) is 5.26 Å². The third kappa shape index (κ3) is 2.57. The molecular formula is C12H15NO3. The Labute approximate surface area is 95.4 Å². The summed E-state index contributed by atoms with van der Waals surface area (Å²) in [6.45, 7) is 3.83. The summed E-state index contributed by atoms with van der Waals surface area (Å²) in [6, 6.07) is 5.29. The minimum atomic E-state index is 0.00994. The second-order valence-corrected chi connectivity index (χ2v) is 3.49. The van der Waals surface area contributed by atoms with Gasteiger partial charge in [0.25, 0.3) is 0 Å². The van der Waals surface area contributed by atoms with Crippen LogP contribution in [0.3, 0.4) is 0 Å². The molecule has 0 fully saturated rings. The highest BCUT2D eigenvalue weighted by molar-refractivity contribution is 5.56. The highest BCUT2D eigenvalue weighted by Gasteiger charge is 2.15. The first-order chi connectivity index (χ1) is 7.62. The zero-order chi connectivity index (χ0) is 12.1. The number of hydrogen-bond acceptors (Lipinski definition) is 4. The molecule has 0 radical (unpaired) electrons. The van der Waals surface area contributed by atoms with Gasteiger partial charge in [0.05, 0.1) is 32.0 Å². The Morgan fingerprint density at radius 3 is 1.94 bits per heavy atom. The number of rotatable bonds is 4. The number of nitrogens with zero attached hydrogens (tertiary/aromatic N) is 1. The Balaban J connectivity index is 3.27. The molecule has 4 nitrogen and oxygen atoms in total. The van der Waals surface area contributed by atoms with Crippen LogP contribution in [-0.4, -0.2) is 20.3 Å². The van der Waals surface area contributed by atoms with Gasteiger partial charge in [-0.2, -0.15) is 5.26 Å². The minimum absolute atomic E-state index is 0.00994. The lowest BCUT2D eigenvalue weighted by atomic mass is 10.2. The van der Waals surface area contributed by atoms with Crippen molar-refractivity contribution in [3.05, 3.63) is 17.7 Å². The third-order valence-corrected chi connectivity index (χ3v) is 1.94. The van der Waals surface area contributed by atoms with Gasteiger partial charge >= 0.3 is 0 Å². The van der Waals surface area contributed by atoms with Gasteiger partial charge in [-0.15, -0.1) is 0 Å². The van der Waals surface area contributed by atoms with E-state index < -0.39 is 0 Å². The van der Waals surface area contributed by atoms with Crippen molar-refractivity contribution in [3.8, 4) is 23.3 Å². The zero-order valence-corrected chi connectivity index (χ0v) is 9.90. The van der Waals surface area contributed by atoms with E-state index in [1.54, 1.807) is 12.1 Å². The Morgan fingerprint density at radius 2 is 1.62 bits per heavy atom. The van der Waals surface area contributed by atoms with Crippen LogP contribution in [0.15, 0.2) is 12.1 Å². The molecule has 0 aliphatic rings. The van der Waals surface area contributed by atoms with Crippen molar-refractivity contribution in [3.63, 3.8) is 0 Å². The van der Waals surface area contributed by atoms with Crippen molar-refractivity contribution < 1.29 is 14.2 Å². The molecule has 0 aliphatic heterocycles. The van der Waals surface area contributed by atoms with Gasteiger partial charge in [0, 0.05) is 12.1 Å². The maximum absolute atomic E-state index is 8.85. The molecule has 1 rings (SSSR count). The SMILES string of the molecule is COc1cc(C#N)cc(OC)c1OC(C)C. The average Bonchev–Trinajstić information content (AvgIpc) is 2.28. The van der Waals surface area contributed by atoms with E-state index in [0.717, 1.165) is 0 Å². The fourth-order valence-corrected chi connectivity index (χ4v) is 1.30.